The van der Waals surface area contributed by atoms with Gasteiger partial charge in [0.05, 0.1) is 10.6 Å². The third-order valence-electron chi connectivity index (χ3n) is 3.76. The molecule has 2 aromatic carbocycles. The Morgan fingerprint density at radius 2 is 1.80 bits per heavy atom. The van der Waals surface area contributed by atoms with Crippen LogP contribution in [-0.2, 0) is 9.84 Å². The van der Waals surface area contributed by atoms with Crippen molar-refractivity contribution < 1.29 is 17.6 Å². The Hall–Kier alpha value is -1.86. The molecule has 0 aromatic heterocycles. The number of nitrogens with one attached hydrogen (secondary N) is 1. The molecule has 0 aliphatic rings. The number of carbonyl (C=O) groups excluding carboxylic acids is 1. The van der Waals surface area contributed by atoms with Crippen LogP contribution in [0.25, 0.3) is 0 Å². The third-order valence-corrected chi connectivity index (χ3v) is 5.74. The third kappa shape index (κ3) is 5.86. The van der Waals surface area contributed by atoms with E-state index < -0.39 is 21.6 Å². The first-order valence-corrected chi connectivity index (χ1v) is 9.37. The van der Waals surface area contributed by atoms with Gasteiger partial charge in [-0.25, -0.2) is 12.8 Å². The van der Waals surface area contributed by atoms with Gasteiger partial charge in [-0.1, -0.05) is 26.3 Å². The zero-order valence-corrected chi connectivity index (χ0v) is 15.9. The lowest BCUT2D eigenvalue weighted by Gasteiger charge is -2.11. The molecule has 1 amide bonds. The maximum atomic E-state index is 12.9. The molecule has 0 spiro atoms. The van der Waals surface area contributed by atoms with E-state index in [1.807, 2.05) is 13.8 Å². The molecule has 0 radical (unpaired) electrons. The van der Waals surface area contributed by atoms with Gasteiger partial charge >= 0.3 is 0 Å². The van der Waals surface area contributed by atoms with Crippen LogP contribution < -0.4 is 5.32 Å². The molecule has 25 heavy (non-hydrogen) atoms. The van der Waals surface area contributed by atoms with Gasteiger partial charge in [0.25, 0.3) is 5.91 Å². The fourth-order valence-corrected chi connectivity index (χ4v) is 3.93. The predicted molar refractivity (Wildman–Crippen MR) is 103 cm³/mol. The highest BCUT2D eigenvalue weighted by Crippen LogP contribution is 2.18. The van der Waals surface area contributed by atoms with E-state index in [-0.39, 0.29) is 35.6 Å². The number of anilines is 1. The second-order valence-electron chi connectivity index (χ2n) is 5.78. The standard InChI is InChI=1S/C18H20FNO3S.H2S/c1-3-13(2)12-24(22,23)17-6-4-5-14(11-17)18(21)20-16-9-7-15(19)8-10-16;/h4-11,13H,3,12H2,1-2H3,(H,20,21);1H2/t13-;/m0./s1. The highest BCUT2D eigenvalue weighted by Gasteiger charge is 2.19. The van der Waals surface area contributed by atoms with E-state index in [1.54, 1.807) is 12.1 Å². The fourth-order valence-electron chi connectivity index (χ4n) is 2.16. The number of benzene rings is 2. The van der Waals surface area contributed by atoms with Gasteiger partial charge in [-0.05, 0) is 48.4 Å². The minimum absolute atomic E-state index is 0. The fraction of sp³-hybridized carbons (Fsp3) is 0.278. The van der Waals surface area contributed by atoms with Crippen LogP contribution in [0.2, 0.25) is 0 Å². The minimum atomic E-state index is -3.44. The average molecular weight is 384 g/mol. The molecule has 0 bridgehead atoms. The summed E-state index contributed by atoms with van der Waals surface area (Å²) >= 11 is 0. The Kier molecular flexibility index (Phi) is 7.63. The van der Waals surface area contributed by atoms with Crippen LogP contribution in [0.3, 0.4) is 0 Å². The summed E-state index contributed by atoms with van der Waals surface area (Å²) in [5.41, 5.74) is 0.679. The molecule has 2 rings (SSSR count). The van der Waals surface area contributed by atoms with Gasteiger partial charge in [-0.15, -0.1) is 0 Å². The molecule has 0 fully saturated rings. The molecule has 0 heterocycles. The summed E-state index contributed by atoms with van der Waals surface area (Å²) < 4.78 is 37.7. The minimum Gasteiger partial charge on any atom is -0.322 e. The maximum absolute atomic E-state index is 12.9. The first kappa shape index (κ1) is 21.2. The van der Waals surface area contributed by atoms with Gasteiger partial charge in [0.1, 0.15) is 5.82 Å². The molecule has 7 heteroatoms. The van der Waals surface area contributed by atoms with Crippen LogP contribution in [0.15, 0.2) is 53.4 Å². The van der Waals surface area contributed by atoms with Gasteiger partial charge in [0, 0.05) is 11.3 Å². The van der Waals surface area contributed by atoms with Gasteiger partial charge in [0.15, 0.2) is 9.84 Å². The largest absolute Gasteiger partial charge is 0.322 e. The number of hydrogen-bond acceptors (Lipinski definition) is 3. The van der Waals surface area contributed by atoms with Crippen LogP contribution in [-0.4, -0.2) is 20.1 Å². The molecule has 1 N–H and O–H groups in total. The van der Waals surface area contributed by atoms with Crippen molar-refractivity contribution in [2.24, 2.45) is 5.92 Å². The van der Waals surface area contributed by atoms with E-state index in [4.69, 9.17) is 0 Å². The van der Waals surface area contributed by atoms with E-state index in [2.05, 4.69) is 5.32 Å². The second kappa shape index (κ2) is 9.01. The number of rotatable bonds is 6. The molecule has 136 valence electrons. The van der Waals surface area contributed by atoms with Gasteiger partial charge in [-0.2, -0.15) is 13.5 Å². The van der Waals surface area contributed by atoms with Crippen molar-refractivity contribution in [2.75, 3.05) is 11.1 Å². The zero-order chi connectivity index (χ0) is 17.7. The Labute approximate surface area is 154 Å². The normalized spacial score (nSPS) is 12.1. The average Bonchev–Trinajstić information content (AvgIpc) is 2.56. The summed E-state index contributed by atoms with van der Waals surface area (Å²) in [4.78, 5) is 12.4. The van der Waals surface area contributed by atoms with Crippen molar-refractivity contribution in [1.82, 2.24) is 0 Å². The highest BCUT2D eigenvalue weighted by atomic mass is 32.2. The van der Waals surface area contributed by atoms with Crippen LogP contribution in [0.4, 0.5) is 10.1 Å². The van der Waals surface area contributed by atoms with Crippen molar-refractivity contribution in [3.63, 3.8) is 0 Å². The quantitative estimate of drug-likeness (QED) is 0.820. The zero-order valence-electron chi connectivity index (χ0n) is 14.1. The summed E-state index contributed by atoms with van der Waals surface area (Å²) in [5, 5.41) is 2.62. The number of halogens is 1. The summed E-state index contributed by atoms with van der Waals surface area (Å²) in [6.45, 7) is 3.81. The first-order chi connectivity index (χ1) is 11.3. The number of hydrogen-bond donors (Lipinski definition) is 1. The van der Waals surface area contributed by atoms with Crippen molar-refractivity contribution in [2.45, 2.75) is 25.2 Å². The molecule has 2 aromatic rings. The number of sulfone groups is 1. The number of amides is 1. The van der Waals surface area contributed by atoms with Crippen molar-refractivity contribution in [3.05, 3.63) is 59.9 Å². The highest BCUT2D eigenvalue weighted by molar-refractivity contribution is 7.91. The molecular formula is C18H22FNO3S2. The summed E-state index contributed by atoms with van der Waals surface area (Å²) in [7, 11) is -3.44. The maximum Gasteiger partial charge on any atom is 0.255 e. The first-order valence-electron chi connectivity index (χ1n) is 7.71. The Morgan fingerprint density at radius 1 is 1.16 bits per heavy atom. The van der Waals surface area contributed by atoms with Crippen LogP contribution >= 0.6 is 13.5 Å². The van der Waals surface area contributed by atoms with Gasteiger partial charge in [0.2, 0.25) is 0 Å². The summed E-state index contributed by atoms with van der Waals surface area (Å²) in [6.07, 6.45) is 0.768. The molecule has 0 aliphatic heterocycles. The molecular weight excluding hydrogens is 361 g/mol. The van der Waals surface area contributed by atoms with E-state index in [0.717, 1.165) is 6.42 Å². The smallest absolute Gasteiger partial charge is 0.255 e. The second-order valence-corrected chi connectivity index (χ2v) is 7.82. The molecule has 1 atom stereocenters. The SMILES string of the molecule is CC[C@H](C)CS(=O)(=O)c1cccc(C(=O)Nc2ccc(F)cc2)c1.S. The Bertz CT molecular complexity index is 820. The number of carbonyl (C=O) groups is 1. The molecule has 0 unspecified atom stereocenters. The van der Waals surface area contributed by atoms with Crippen molar-refractivity contribution in [1.29, 1.82) is 0 Å². The van der Waals surface area contributed by atoms with Gasteiger partial charge < -0.3 is 5.32 Å². The van der Waals surface area contributed by atoms with E-state index in [0.29, 0.717) is 5.69 Å². The van der Waals surface area contributed by atoms with E-state index in [9.17, 15) is 17.6 Å². The van der Waals surface area contributed by atoms with Crippen LogP contribution in [0, 0.1) is 11.7 Å². The van der Waals surface area contributed by atoms with Crippen LogP contribution in [0.5, 0.6) is 0 Å². The topological polar surface area (TPSA) is 63.2 Å². The van der Waals surface area contributed by atoms with Gasteiger partial charge in [-0.3, -0.25) is 4.79 Å². The lowest BCUT2D eigenvalue weighted by atomic mass is 10.2. The summed E-state index contributed by atoms with van der Waals surface area (Å²) in [6, 6.07) is 11.3. The van der Waals surface area contributed by atoms with Crippen molar-refractivity contribution >= 4 is 34.9 Å². The Morgan fingerprint density at radius 3 is 2.40 bits per heavy atom. The molecule has 0 saturated carbocycles. The van der Waals surface area contributed by atoms with E-state index in [1.165, 1.54) is 36.4 Å². The Balaban J connectivity index is 0.00000312. The molecule has 0 saturated heterocycles. The predicted octanol–water partition coefficient (Wildman–Crippen LogP) is 4.01. The summed E-state index contributed by atoms with van der Waals surface area (Å²) in [5.74, 6) is -0.743. The van der Waals surface area contributed by atoms with Crippen molar-refractivity contribution in [3.8, 4) is 0 Å². The van der Waals surface area contributed by atoms with E-state index >= 15 is 0 Å². The molecule has 0 aliphatic carbocycles. The van der Waals surface area contributed by atoms with Crippen LogP contribution in [0.1, 0.15) is 30.6 Å². The lowest BCUT2D eigenvalue weighted by Crippen LogP contribution is -2.16. The lowest BCUT2D eigenvalue weighted by molar-refractivity contribution is 0.102. The molecule has 4 nitrogen and oxygen atoms in total. The monoisotopic (exact) mass is 383 g/mol.